The molecule has 8 atom stereocenters. The van der Waals surface area contributed by atoms with E-state index >= 15 is 0 Å². The van der Waals surface area contributed by atoms with Crippen molar-refractivity contribution >= 4 is 35.5 Å². The molecule has 244 valence electrons. The van der Waals surface area contributed by atoms with E-state index in [1.54, 1.807) is 6.92 Å². The summed E-state index contributed by atoms with van der Waals surface area (Å²) in [5, 5.41) is 8.44. The van der Waals surface area contributed by atoms with Crippen LogP contribution in [0.1, 0.15) is 87.5 Å². The maximum atomic E-state index is 13.8. The van der Waals surface area contributed by atoms with Crippen molar-refractivity contribution < 1.29 is 33.5 Å². The first-order valence-electron chi connectivity index (χ1n) is 15.8. The molecule has 5 amide bonds. The normalized spacial score (nSPS) is 30.4. The minimum Gasteiger partial charge on any atom is -0.452 e. The van der Waals surface area contributed by atoms with Gasteiger partial charge in [-0.05, 0) is 43.4 Å². The Morgan fingerprint density at radius 3 is 2.00 bits per heavy atom. The Morgan fingerprint density at radius 1 is 0.837 bits per heavy atom. The van der Waals surface area contributed by atoms with Crippen molar-refractivity contribution in [2.24, 2.45) is 23.7 Å². The van der Waals surface area contributed by atoms with Crippen LogP contribution in [0.25, 0.3) is 0 Å². The number of fused-ring (bicyclic) bond motifs is 1. The molecule has 2 aliphatic rings. The molecule has 2 heterocycles. The lowest BCUT2D eigenvalue weighted by Crippen LogP contribution is -2.61. The first-order chi connectivity index (χ1) is 20.1. The molecule has 0 spiro atoms. The molecule has 43 heavy (non-hydrogen) atoms. The second-order valence-electron chi connectivity index (χ2n) is 12.8. The fourth-order valence-corrected chi connectivity index (χ4v) is 5.51. The van der Waals surface area contributed by atoms with Crippen LogP contribution in [0.5, 0.6) is 0 Å². The molecule has 0 saturated carbocycles. The fourth-order valence-electron chi connectivity index (χ4n) is 5.51. The van der Waals surface area contributed by atoms with E-state index in [2.05, 4.69) is 16.0 Å². The first kappa shape index (κ1) is 36.0. The molecular weight excluding hydrogens is 554 g/mol. The number of hydrogen-bond donors (Lipinski definition) is 3. The van der Waals surface area contributed by atoms with E-state index in [4.69, 9.17) is 4.74 Å². The fraction of sp³-hybridized carbons (Fsp3) is 0.806. The molecule has 2 fully saturated rings. The van der Waals surface area contributed by atoms with Crippen LogP contribution in [-0.2, 0) is 33.5 Å². The molecule has 2 saturated heterocycles. The molecule has 12 heteroatoms. The van der Waals surface area contributed by atoms with Gasteiger partial charge >= 0.3 is 5.97 Å². The number of cyclic esters (lactones) is 1. The predicted molar refractivity (Wildman–Crippen MR) is 161 cm³/mol. The highest BCUT2D eigenvalue weighted by Gasteiger charge is 2.44. The third kappa shape index (κ3) is 9.15. The van der Waals surface area contributed by atoms with Crippen molar-refractivity contribution in [3.05, 3.63) is 0 Å². The molecule has 2 rings (SSSR count). The minimum absolute atomic E-state index is 0.0289. The minimum atomic E-state index is -1.08. The molecule has 0 bridgehead atoms. The van der Waals surface area contributed by atoms with Crippen LogP contribution in [0.15, 0.2) is 0 Å². The zero-order valence-electron chi connectivity index (χ0n) is 27.4. The predicted octanol–water partition coefficient (Wildman–Crippen LogP) is 1.61. The largest absolute Gasteiger partial charge is 0.452 e. The number of hydrogen-bond acceptors (Lipinski definition) is 7. The molecule has 0 radical (unpaired) electrons. The number of rotatable bonds is 6. The van der Waals surface area contributed by atoms with E-state index in [-0.39, 0.29) is 43.1 Å². The van der Waals surface area contributed by atoms with Gasteiger partial charge in [-0.2, -0.15) is 0 Å². The van der Waals surface area contributed by atoms with Gasteiger partial charge in [0.15, 0.2) is 6.10 Å². The van der Waals surface area contributed by atoms with E-state index in [1.807, 2.05) is 48.5 Å². The summed E-state index contributed by atoms with van der Waals surface area (Å²) in [7, 11) is 1.50. The lowest BCUT2D eigenvalue weighted by molar-refractivity contribution is -0.162. The monoisotopic (exact) mass is 607 g/mol. The third-order valence-electron chi connectivity index (χ3n) is 8.99. The second kappa shape index (κ2) is 16.0. The van der Waals surface area contributed by atoms with Crippen molar-refractivity contribution in [2.75, 3.05) is 20.1 Å². The summed E-state index contributed by atoms with van der Waals surface area (Å²) in [6.45, 7) is 15.0. The van der Waals surface area contributed by atoms with Gasteiger partial charge < -0.3 is 30.5 Å². The van der Waals surface area contributed by atoms with Crippen molar-refractivity contribution in [3.63, 3.8) is 0 Å². The van der Waals surface area contributed by atoms with Gasteiger partial charge in [-0.15, -0.1) is 0 Å². The van der Waals surface area contributed by atoms with Crippen molar-refractivity contribution in [1.29, 1.82) is 0 Å². The number of amides is 5. The lowest BCUT2D eigenvalue weighted by Gasteiger charge is -2.34. The summed E-state index contributed by atoms with van der Waals surface area (Å²) >= 11 is 0. The summed E-state index contributed by atoms with van der Waals surface area (Å²) in [6.07, 6.45) is 0.760. The van der Waals surface area contributed by atoms with Crippen LogP contribution in [0.4, 0.5) is 0 Å². The first-order valence-corrected chi connectivity index (χ1v) is 15.8. The highest BCUT2D eigenvalue weighted by atomic mass is 16.5. The van der Waals surface area contributed by atoms with Crippen molar-refractivity contribution in [2.45, 2.75) is 118 Å². The number of ether oxygens (including phenoxy) is 1. The maximum absolute atomic E-state index is 13.8. The molecule has 3 N–H and O–H groups in total. The Bertz CT molecular complexity index is 1030. The highest BCUT2D eigenvalue weighted by Crippen LogP contribution is 2.27. The number of likely N-dealkylation sites (N-methyl/N-ethyl adjacent to an activating group) is 1. The van der Waals surface area contributed by atoms with E-state index in [0.717, 1.165) is 0 Å². The average molecular weight is 608 g/mol. The smallest absolute Gasteiger partial charge is 0.308 e. The van der Waals surface area contributed by atoms with Gasteiger partial charge in [0.05, 0.1) is 6.42 Å². The van der Waals surface area contributed by atoms with Gasteiger partial charge in [0.25, 0.3) is 5.91 Å². The molecule has 0 aromatic rings. The lowest BCUT2D eigenvalue weighted by atomic mass is 9.93. The summed E-state index contributed by atoms with van der Waals surface area (Å²) in [5.74, 6) is -3.65. The van der Waals surface area contributed by atoms with E-state index in [0.29, 0.717) is 25.8 Å². The molecule has 0 aromatic heterocycles. The summed E-state index contributed by atoms with van der Waals surface area (Å²) < 4.78 is 5.62. The topological polar surface area (TPSA) is 154 Å². The zero-order valence-corrected chi connectivity index (χ0v) is 27.4. The highest BCUT2D eigenvalue weighted by molar-refractivity contribution is 5.96. The van der Waals surface area contributed by atoms with Crippen LogP contribution in [0, 0.1) is 23.7 Å². The van der Waals surface area contributed by atoms with Gasteiger partial charge in [0.2, 0.25) is 23.6 Å². The van der Waals surface area contributed by atoms with E-state index in [9.17, 15) is 28.8 Å². The van der Waals surface area contributed by atoms with Crippen LogP contribution in [0.2, 0.25) is 0 Å². The summed E-state index contributed by atoms with van der Waals surface area (Å²) in [6, 6.07) is -3.62. The maximum Gasteiger partial charge on any atom is 0.308 e. The SMILES string of the molecule is CC[C@H](C)[C@@H]1NC(=O)[C@@H]2[C@@H](C)CCN2C(=O)[C@@H](CC(C)C)OC(=O)CCNC(=O)[C@H](C)N(C)C(=O)[C@H]([C@@H](C)CC)NC1=O. The Balaban J connectivity index is 2.54. The number of nitrogens with one attached hydrogen (secondary N) is 3. The average Bonchev–Trinajstić information content (AvgIpc) is 3.36. The van der Waals surface area contributed by atoms with Gasteiger partial charge in [-0.25, -0.2) is 0 Å². The van der Waals surface area contributed by atoms with Gasteiger partial charge in [0.1, 0.15) is 24.2 Å². The van der Waals surface area contributed by atoms with E-state index in [1.165, 1.54) is 16.8 Å². The third-order valence-corrected chi connectivity index (χ3v) is 8.99. The zero-order chi connectivity index (χ0) is 32.6. The Morgan fingerprint density at radius 2 is 1.42 bits per heavy atom. The van der Waals surface area contributed by atoms with Gasteiger partial charge in [0, 0.05) is 20.1 Å². The molecule has 12 nitrogen and oxygen atoms in total. The number of carbonyl (C=O) groups is 6. The van der Waals surface area contributed by atoms with Crippen LogP contribution in [-0.4, -0.2) is 95.7 Å². The van der Waals surface area contributed by atoms with Crippen molar-refractivity contribution in [3.8, 4) is 0 Å². The molecular formula is C31H53N5O7. The molecule has 2 aliphatic heterocycles. The Hall–Kier alpha value is -3.18. The molecule has 0 aromatic carbocycles. The van der Waals surface area contributed by atoms with Gasteiger partial charge in [-0.3, -0.25) is 28.8 Å². The van der Waals surface area contributed by atoms with Crippen LogP contribution < -0.4 is 16.0 Å². The van der Waals surface area contributed by atoms with Crippen LogP contribution >= 0.6 is 0 Å². The number of carbonyl (C=O) groups excluding carboxylic acids is 6. The molecule has 0 unspecified atom stereocenters. The van der Waals surface area contributed by atoms with Crippen LogP contribution in [0.3, 0.4) is 0 Å². The Labute approximate surface area is 256 Å². The van der Waals surface area contributed by atoms with Gasteiger partial charge in [-0.1, -0.05) is 61.3 Å². The van der Waals surface area contributed by atoms with Crippen molar-refractivity contribution in [1.82, 2.24) is 25.8 Å². The second-order valence-corrected chi connectivity index (χ2v) is 12.8. The number of nitrogens with zero attached hydrogens (tertiary/aromatic N) is 2. The summed E-state index contributed by atoms with van der Waals surface area (Å²) in [5.41, 5.74) is 0. The van der Waals surface area contributed by atoms with E-state index < -0.39 is 65.8 Å². The number of esters is 1. The Kier molecular flexibility index (Phi) is 13.4. The standard InChI is InChI=1S/C31H53N5O7/c1-10-18(5)24-28(39)34-25(19(6)11-2)31(42)35(9)21(8)27(38)32-14-12-23(37)43-22(16-17(3)4)30(41)36-15-13-20(7)26(36)29(40)33-24/h17-22,24-26H,10-16H2,1-9H3,(H,32,38)(H,33,40)(H,34,39)/t18-,19-,20-,21-,22+,24-,25-,26-/m0/s1. The molecule has 0 aliphatic carbocycles. The quantitative estimate of drug-likeness (QED) is 0.388. The summed E-state index contributed by atoms with van der Waals surface area (Å²) in [4.78, 5) is 83.4.